The minimum absolute atomic E-state index is 0.0387. The van der Waals surface area contributed by atoms with E-state index < -0.39 is 25.3 Å². The highest BCUT2D eigenvalue weighted by Gasteiger charge is 2.21. The Morgan fingerprint density at radius 2 is 1.75 bits per heavy atom. The van der Waals surface area contributed by atoms with Gasteiger partial charge in [0.1, 0.15) is 0 Å². The van der Waals surface area contributed by atoms with E-state index in [0.29, 0.717) is 22.9 Å². The standard InChI is InChI=1S/C19H23N5O5S3/c1-3-9-24-17-8-7-15(32(21,28)29)11-16(17)23-19(24)30-12(2)18(25)22-13-5-4-6-14(10-13)31(20,26)27/h4-8,10-12H,3,9H2,1-2H3,(H,22,25)(H2,20,26,27)(H2,21,28,29). The minimum Gasteiger partial charge on any atom is -0.325 e. The fraction of sp³-hybridized carbons (Fsp3) is 0.263. The van der Waals surface area contributed by atoms with Crippen molar-refractivity contribution in [2.24, 2.45) is 10.3 Å². The van der Waals surface area contributed by atoms with E-state index in [2.05, 4.69) is 10.3 Å². The quantitative estimate of drug-likeness (QED) is 0.399. The van der Waals surface area contributed by atoms with E-state index in [4.69, 9.17) is 10.3 Å². The monoisotopic (exact) mass is 497 g/mol. The Balaban J connectivity index is 1.86. The number of aryl methyl sites for hydroxylation is 1. The van der Waals surface area contributed by atoms with Gasteiger partial charge in [-0.05, 0) is 49.7 Å². The van der Waals surface area contributed by atoms with Crippen LogP contribution >= 0.6 is 11.8 Å². The van der Waals surface area contributed by atoms with Gasteiger partial charge in [-0.25, -0.2) is 32.1 Å². The second-order valence-electron chi connectivity index (χ2n) is 7.06. The molecule has 0 fully saturated rings. The summed E-state index contributed by atoms with van der Waals surface area (Å²) in [5.74, 6) is -0.359. The van der Waals surface area contributed by atoms with Crippen LogP contribution in [0.1, 0.15) is 20.3 Å². The summed E-state index contributed by atoms with van der Waals surface area (Å²) < 4.78 is 48.3. The van der Waals surface area contributed by atoms with Crippen molar-refractivity contribution in [3.05, 3.63) is 42.5 Å². The summed E-state index contributed by atoms with van der Waals surface area (Å²) >= 11 is 1.20. The van der Waals surface area contributed by atoms with Crippen molar-refractivity contribution < 1.29 is 21.6 Å². The number of aromatic nitrogens is 2. The molecule has 172 valence electrons. The lowest BCUT2D eigenvalue weighted by Crippen LogP contribution is -2.23. The molecule has 0 aliphatic carbocycles. The lowest BCUT2D eigenvalue weighted by atomic mass is 10.3. The highest BCUT2D eigenvalue weighted by molar-refractivity contribution is 8.00. The van der Waals surface area contributed by atoms with Crippen molar-refractivity contribution in [3.8, 4) is 0 Å². The van der Waals surface area contributed by atoms with Gasteiger partial charge >= 0.3 is 0 Å². The number of amides is 1. The highest BCUT2D eigenvalue weighted by atomic mass is 32.2. The molecule has 2 aromatic carbocycles. The van der Waals surface area contributed by atoms with Crippen LogP contribution in [0.15, 0.2) is 57.4 Å². The van der Waals surface area contributed by atoms with Crippen LogP contribution in [0.25, 0.3) is 11.0 Å². The molecule has 5 N–H and O–H groups in total. The third-order valence-corrected chi connectivity index (χ3v) is 7.45. The molecule has 1 amide bonds. The molecule has 32 heavy (non-hydrogen) atoms. The molecule has 3 rings (SSSR count). The van der Waals surface area contributed by atoms with Gasteiger partial charge < -0.3 is 9.88 Å². The molecular formula is C19H23N5O5S3. The van der Waals surface area contributed by atoms with Gasteiger partial charge in [-0.2, -0.15) is 0 Å². The smallest absolute Gasteiger partial charge is 0.238 e. The number of rotatable bonds is 8. The predicted molar refractivity (Wildman–Crippen MR) is 123 cm³/mol. The first-order valence-corrected chi connectivity index (χ1v) is 13.5. The Bertz CT molecular complexity index is 1380. The summed E-state index contributed by atoms with van der Waals surface area (Å²) in [7, 11) is -7.76. The summed E-state index contributed by atoms with van der Waals surface area (Å²) in [6.07, 6.45) is 0.802. The summed E-state index contributed by atoms with van der Waals surface area (Å²) in [6.45, 7) is 4.31. The van der Waals surface area contributed by atoms with Gasteiger partial charge in [0.05, 0.1) is 26.1 Å². The first-order valence-electron chi connectivity index (χ1n) is 9.53. The first-order chi connectivity index (χ1) is 14.9. The second kappa shape index (κ2) is 9.19. The Morgan fingerprint density at radius 1 is 1.09 bits per heavy atom. The molecule has 0 aliphatic rings. The number of carbonyl (C=O) groups is 1. The zero-order chi connectivity index (χ0) is 23.7. The molecule has 1 unspecified atom stereocenters. The van der Waals surface area contributed by atoms with E-state index in [1.807, 2.05) is 11.5 Å². The van der Waals surface area contributed by atoms with Crippen molar-refractivity contribution in [2.75, 3.05) is 5.32 Å². The maximum Gasteiger partial charge on any atom is 0.238 e. The molecule has 13 heteroatoms. The number of nitrogens with one attached hydrogen (secondary N) is 1. The number of hydrogen-bond donors (Lipinski definition) is 3. The lowest BCUT2D eigenvalue weighted by molar-refractivity contribution is -0.115. The van der Waals surface area contributed by atoms with Gasteiger partial charge in [-0.3, -0.25) is 4.79 Å². The van der Waals surface area contributed by atoms with Crippen LogP contribution in [0.4, 0.5) is 5.69 Å². The molecule has 1 atom stereocenters. The number of nitrogens with zero attached hydrogens (tertiary/aromatic N) is 2. The maximum absolute atomic E-state index is 12.7. The van der Waals surface area contributed by atoms with Gasteiger partial charge in [0.15, 0.2) is 5.16 Å². The number of primary sulfonamides is 2. The zero-order valence-corrected chi connectivity index (χ0v) is 19.8. The van der Waals surface area contributed by atoms with Crippen LogP contribution in [0.3, 0.4) is 0 Å². The molecule has 0 saturated carbocycles. The fourth-order valence-electron chi connectivity index (χ4n) is 3.00. The average molecular weight is 498 g/mol. The van der Waals surface area contributed by atoms with E-state index in [9.17, 15) is 21.6 Å². The van der Waals surface area contributed by atoms with Crippen LogP contribution in [-0.4, -0.2) is 37.5 Å². The molecule has 3 aromatic rings. The molecule has 1 aromatic heterocycles. The number of fused-ring (bicyclic) bond motifs is 1. The third-order valence-electron chi connectivity index (χ3n) is 4.54. The van der Waals surface area contributed by atoms with Crippen molar-refractivity contribution >= 4 is 54.4 Å². The van der Waals surface area contributed by atoms with Crippen molar-refractivity contribution in [1.82, 2.24) is 9.55 Å². The molecular weight excluding hydrogens is 474 g/mol. The summed E-state index contributed by atoms with van der Waals surface area (Å²) in [4.78, 5) is 17.1. The van der Waals surface area contributed by atoms with E-state index in [1.165, 1.54) is 42.1 Å². The lowest BCUT2D eigenvalue weighted by Gasteiger charge is -2.13. The minimum atomic E-state index is -3.89. The first kappa shape index (κ1) is 24.2. The third kappa shape index (κ3) is 5.48. The Morgan fingerprint density at radius 3 is 2.38 bits per heavy atom. The van der Waals surface area contributed by atoms with Crippen molar-refractivity contribution in [1.29, 1.82) is 0 Å². The summed E-state index contributed by atoms with van der Waals surface area (Å²) in [5, 5.41) is 13.0. The number of sulfonamides is 2. The zero-order valence-electron chi connectivity index (χ0n) is 17.3. The maximum atomic E-state index is 12.7. The number of nitrogens with two attached hydrogens (primary N) is 2. The number of thioether (sulfide) groups is 1. The van der Waals surface area contributed by atoms with E-state index >= 15 is 0 Å². The number of carbonyl (C=O) groups excluding carboxylic acids is 1. The van der Waals surface area contributed by atoms with Gasteiger partial charge in [-0.1, -0.05) is 24.8 Å². The molecule has 0 bridgehead atoms. The number of benzene rings is 2. The van der Waals surface area contributed by atoms with Crippen molar-refractivity contribution in [2.45, 2.75) is 47.0 Å². The van der Waals surface area contributed by atoms with Crippen LogP contribution in [0.5, 0.6) is 0 Å². The van der Waals surface area contributed by atoms with Crippen LogP contribution in [0, 0.1) is 0 Å². The van der Waals surface area contributed by atoms with Crippen molar-refractivity contribution in [3.63, 3.8) is 0 Å². The molecule has 0 saturated heterocycles. The normalized spacial score (nSPS) is 13.2. The SMILES string of the molecule is CCCn1c(SC(C)C(=O)Nc2cccc(S(N)(=O)=O)c2)nc2cc(S(N)(=O)=O)ccc21. The molecule has 0 radical (unpaired) electrons. The Kier molecular flexibility index (Phi) is 6.95. The second-order valence-corrected chi connectivity index (χ2v) is 11.5. The van der Waals surface area contributed by atoms with Crippen LogP contribution in [-0.2, 0) is 31.4 Å². The average Bonchev–Trinajstić information content (AvgIpc) is 3.03. The number of imidazole rings is 1. The largest absolute Gasteiger partial charge is 0.325 e. The Hall–Kier alpha value is -2.45. The van der Waals surface area contributed by atoms with Crippen LogP contribution in [0.2, 0.25) is 0 Å². The van der Waals surface area contributed by atoms with E-state index in [1.54, 1.807) is 19.1 Å². The molecule has 10 nitrogen and oxygen atoms in total. The Labute approximate surface area is 190 Å². The van der Waals surface area contributed by atoms with Gasteiger partial charge in [0, 0.05) is 12.2 Å². The number of hydrogen-bond acceptors (Lipinski definition) is 7. The van der Waals surface area contributed by atoms with Gasteiger partial charge in [-0.15, -0.1) is 0 Å². The predicted octanol–water partition coefficient (Wildman–Crippen LogP) is 1.86. The number of anilines is 1. The topological polar surface area (TPSA) is 167 Å². The molecule has 0 aliphatic heterocycles. The summed E-state index contributed by atoms with van der Waals surface area (Å²) in [5.41, 5.74) is 1.49. The van der Waals surface area contributed by atoms with Gasteiger partial charge in [0.2, 0.25) is 26.0 Å². The molecule has 0 spiro atoms. The highest BCUT2D eigenvalue weighted by Crippen LogP contribution is 2.29. The van der Waals surface area contributed by atoms with E-state index in [-0.39, 0.29) is 15.7 Å². The van der Waals surface area contributed by atoms with Crippen LogP contribution < -0.4 is 15.6 Å². The fourth-order valence-corrected chi connectivity index (χ4v) is 5.04. The summed E-state index contributed by atoms with van der Waals surface area (Å²) in [6, 6.07) is 10.1. The molecule has 1 heterocycles. The van der Waals surface area contributed by atoms with Gasteiger partial charge in [0.25, 0.3) is 0 Å². The van der Waals surface area contributed by atoms with E-state index in [0.717, 1.165) is 11.9 Å².